The fourth-order valence-corrected chi connectivity index (χ4v) is 3.11. The van der Waals surface area contributed by atoms with Crippen molar-refractivity contribution in [2.24, 2.45) is 5.92 Å². The monoisotopic (exact) mass is 387 g/mol. The summed E-state index contributed by atoms with van der Waals surface area (Å²) in [6.07, 6.45) is 1.95. The Morgan fingerprint density at radius 3 is 2.96 bits per heavy atom. The fourth-order valence-electron chi connectivity index (χ4n) is 3.11. The lowest BCUT2D eigenvalue weighted by Crippen LogP contribution is -2.46. The van der Waals surface area contributed by atoms with Crippen molar-refractivity contribution < 1.29 is 18.8 Å². The van der Waals surface area contributed by atoms with Gasteiger partial charge in [0, 0.05) is 26.1 Å². The number of piperidine rings is 1. The predicted molar refractivity (Wildman–Crippen MR) is 101 cm³/mol. The lowest BCUT2D eigenvalue weighted by atomic mass is 9.99. The number of aryl methyl sites for hydroxylation is 1. The average molecular weight is 387 g/mol. The third kappa shape index (κ3) is 4.99. The summed E-state index contributed by atoms with van der Waals surface area (Å²) in [6, 6.07) is 7.72. The van der Waals surface area contributed by atoms with E-state index >= 15 is 0 Å². The van der Waals surface area contributed by atoms with E-state index in [-0.39, 0.29) is 30.2 Å². The zero-order valence-electron chi connectivity index (χ0n) is 16.1. The first-order valence-electron chi connectivity index (χ1n) is 9.32. The number of carbonyl (C=O) groups is 2. The van der Waals surface area contributed by atoms with Gasteiger partial charge in [0.2, 0.25) is 5.89 Å². The summed E-state index contributed by atoms with van der Waals surface area (Å²) < 4.78 is 10.9. The maximum Gasteiger partial charge on any atom is 0.317 e. The molecule has 0 bridgehead atoms. The summed E-state index contributed by atoms with van der Waals surface area (Å²) in [7, 11) is 1.48. The molecule has 0 spiro atoms. The van der Waals surface area contributed by atoms with Crippen LogP contribution in [0, 0.1) is 12.8 Å². The van der Waals surface area contributed by atoms with Crippen molar-refractivity contribution in [2.75, 3.05) is 26.7 Å². The van der Waals surface area contributed by atoms with E-state index in [0.717, 1.165) is 24.2 Å². The van der Waals surface area contributed by atoms with E-state index < -0.39 is 5.91 Å². The Labute approximate surface area is 163 Å². The van der Waals surface area contributed by atoms with Crippen LogP contribution in [0.3, 0.4) is 0 Å². The van der Waals surface area contributed by atoms with Crippen LogP contribution in [0.15, 0.2) is 28.8 Å². The molecular weight excluding hydrogens is 362 g/mol. The molecule has 3 amide bonds. The largest absolute Gasteiger partial charge is 0.493 e. The highest BCUT2D eigenvalue weighted by Crippen LogP contribution is 2.21. The summed E-state index contributed by atoms with van der Waals surface area (Å²) >= 11 is 0. The van der Waals surface area contributed by atoms with Crippen LogP contribution in [0.5, 0.6) is 5.75 Å². The second-order valence-electron chi connectivity index (χ2n) is 6.78. The van der Waals surface area contributed by atoms with E-state index in [1.54, 1.807) is 4.90 Å². The van der Waals surface area contributed by atoms with E-state index in [0.29, 0.717) is 19.7 Å². The van der Waals surface area contributed by atoms with Crippen LogP contribution in [0.2, 0.25) is 0 Å². The van der Waals surface area contributed by atoms with E-state index in [1.165, 1.54) is 7.05 Å². The van der Waals surface area contributed by atoms with Crippen LogP contribution in [0.4, 0.5) is 4.79 Å². The van der Waals surface area contributed by atoms with Crippen LogP contribution >= 0.6 is 0 Å². The van der Waals surface area contributed by atoms with Gasteiger partial charge >= 0.3 is 6.03 Å². The molecule has 0 radical (unpaired) electrons. The molecule has 1 aliphatic rings. The van der Waals surface area contributed by atoms with Gasteiger partial charge in [-0.2, -0.15) is 4.98 Å². The number of benzene rings is 1. The highest BCUT2D eigenvalue weighted by atomic mass is 16.5. The predicted octanol–water partition coefficient (Wildman–Crippen LogP) is 1.74. The number of likely N-dealkylation sites (tertiary alicyclic amines) is 1. The van der Waals surface area contributed by atoms with Crippen LogP contribution in [0.1, 0.15) is 34.9 Å². The summed E-state index contributed by atoms with van der Waals surface area (Å²) in [5.74, 6) is 0.852. The number of hydrogen-bond acceptors (Lipinski definition) is 6. The minimum Gasteiger partial charge on any atom is -0.493 e. The zero-order valence-corrected chi connectivity index (χ0v) is 16.1. The number of nitrogens with one attached hydrogen (secondary N) is 2. The van der Waals surface area contributed by atoms with Gasteiger partial charge in [-0.3, -0.25) is 4.79 Å². The fraction of sp³-hybridized carbons (Fsp3) is 0.474. The number of aromatic nitrogens is 2. The second kappa shape index (κ2) is 9.20. The Kier molecular flexibility index (Phi) is 6.46. The quantitative estimate of drug-likeness (QED) is 0.781. The van der Waals surface area contributed by atoms with Gasteiger partial charge in [-0.15, -0.1) is 0 Å². The van der Waals surface area contributed by atoms with E-state index in [2.05, 4.69) is 20.8 Å². The molecule has 2 N–H and O–H groups in total. The standard InChI is InChI=1S/C19H25N5O4/c1-13-6-3-4-8-15(13)27-12-14-7-5-9-24(11-14)19(26)21-10-16-22-17(23-28-16)18(25)20-2/h3-4,6,8,14H,5,7,9-12H2,1-2H3,(H,20,25)(H,21,26). The summed E-state index contributed by atoms with van der Waals surface area (Å²) in [4.78, 5) is 29.6. The minimum absolute atomic E-state index is 0.0573. The minimum atomic E-state index is -0.436. The van der Waals surface area contributed by atoms with Gasteiger partial charge in [-0.1, -0.05) is 23.4 Å². The molecule has 150 valence electrons. The molecule has 1 aromatic heterocycles. The average Bonchev–Trinajstić information content (AvgIpc) is 3.20. The highest BCUT2D eigenvalue weighted by molar-refractivity contribution is 5.89. The molecule has 1 unspecified atom stereocenters. The topological polar surface area (TPSA) is 110 Å². The molecular formula is C19H25N5O4. The first-order valence-corrected chi connectivity index (χ1v) is 9.32. The molecule has 1 atom stereocenters. The molecule has 0 aliphatic carbocycles. The lowest BCUT2D eigenvalue weighted by Gasteiger charge is -2.32. The number of amides is 3. The molecule has 1 saturated heterocycles. The number of hydrogen-bond donors (Lipinski definition) is 2. The number of urea groups is 1. The summed E-state index contributed by atoms with van der Waals surface area (Å²) in [6.45, 7) is 3.99. The zero-order chi connectivity index (χ0) is 19.9. The third-order valence-electron chi connectivity index (χ3n) is 4.66. The highest BCUT2D eigenvalue weighted by Gasteiger charge is 2.24. The van der Waals surface area contributed by atoms with Crippen LogP contribution < -0.4 is 15.4 Å². The van der Waals surface area contributed by atoms with Gasteiger partial charge in [0.05, 0.1) is 13.2 Å². The molecule has 1 fully saturated rings. The van der Waals surface area contributed by atoms with Gasteiger partial charge in [0.15, 0.2) is 0 Å². The van der Waals surface area contributed by atoms with E-state index in [4.69, 9.17) is 9.26 Å². The second-order valence-corrected chi connectivity index (χ2v) is 6.78. The van der Waals surface area contributed by atoms with Crippen LogP contribution in [0.25, 0.3) is 0 Å². The Morgan fingerprint density at radius 1 is 1.36 bits per heavy atom. The Bertz CT molecular complexity index is 822. The van der Waals surface area contributed by atoms with Gasteiger partial charge in [0.25, 0.3) is 11.7 Å². The number of ether oxygens (including phenoxy) is 1. The maximum absolute atomic E-state index is 12.4. The Hall–Kier alpha value is -3.10. The van der Waals surface area contributed by atoms with Crippen molar-refractivity contribution in [2.45, 2.75) is 26.3 Å². The van der Waals surface area contributed by atoms with Crippen molar-refractivity contribution in [3.8, 4) is 5.75 Å². The number of nitrogens with zero attached hydrogens (tertiary/aromatic N) is 3. The SMILES string of the molecule is CNC(=O)c1noc(CNC(=O)N2CCCC(COc3ccccc3C)C2)n1. The lowest BCUT2D eigenvalue weighted by molar-refractivity contribution is 0.0949. The number of rotatable bonds is 6. The molecule has 3 rings (SSSR count). The van der Waals surface area contributed by atoms with Crippen molar-refractivity contribution in [3.63, 3.8) is 0 Å². The van der Waals surface area contributed by atoms with Crippen molar-refractivity contribution in [1.82, 2.24) is 25.7 Å². The van der Waals surface area contributed by atoms with Gasteiger partial charge in [-0.25, -0.2) is 4.79 Å². The Morgan fingerprint density at radius 2 is 2.18 bits per heavy atom. The molecule has 1 aliphatic heterocycles. The normalized spacial score (nSPS) is 16.5. The first kappa shape index (κ1) is 19.7. The molecule has 1 aromatic carbocycles. The smallest absolute Gasteiger partial charge is 0.317 e. The summed E-state index contributed by atoms with van der Waals surface area (Å²) in [5, 5.41) is 8.74. The van der Waals surface area contributed by atoms with Crippen molar-refractivity contribution in [1.29, 1.82) is 0 Å². The Balaban J connectivity index is 1.47. The van der Waals surface area contributed by atoms with Gasteiger partial charge in [0.1, 0.15) is 5.75 Å². The molecule has 28 heavy (non-hydrogen) atoms. The molecule has 9 nitrogen and oxygen atoms in total. The van der Waals surface area contributed by atoms with E-state index in [9.17, 15) is 9.59 Å². The molecule has 2 heterocycles. The van der Waals surface area contributed by atoms with Gasteiger partial charge < -0.3 is 24.8 Å². The number of carbonyl (C=O) groups excluding carboxylic acids is 2. The van der Waals surface area contributed by atoms with Crippen molar-refractivity contribution in [3.05, 3.63) is 41.5 Å². The third-order valence-corrected chi connectivity index (χ3v) is 4.66. The van der Waals surface area contributed by atoms with Crippen LogP contribution in [-0.2, 0) is 6.54 Å². The van der Waals surface area contributed by atoms with Crippen molar-refractivity contribution >= 4 is 11.9 Å². The number of para-hydroxylation sites is 1. The van der Waals surface area contributed by atoms with Gasteiger partial charge in [-0.05, 0) is 31.4 Å². The molecule has 2 aromatic rings. The maximum atomic E-state index is 12.4. The van der Waals surface area contributed by atoms with E-state index in [1.807, 2.05) is 31.2 Å². The molecule has 0 saturated carbocycles. The van der Waals surface area contributed by atoms with Crippen LogP contribution in [-0.4, -0.2) is 53.7 Å². The summed E-state index contributed by atoms with van der Waals surface area (Å²) in [5.41, 5.74) is 1.10. The molecule has 9 heteroatoms. The first-order chi connectivity index (χ1) is 13.6.